The van der Waals surface area contributed by atoms with Crippen LogP contribution in [-0.4, -0.2) is 9.97 Å². The SMILES string of the molecule is [c]1nc(OCc2cccs2)c[nH]1. The summed E-state index contributed by atoms with van der Waals surface area (Å²) in [5.41, 5.74) is 0. The summed E-state index contributed by atoms with van der Waals surface area (Å²) < 4.78 is 5.33. The van der Waals surface area contributed by atoms with Crippen molar-refractivity contribution in [1.29, 1.82) is 0 Å². The summed E-state index contributed by atoms with van der Waals surface area (Å²) in [5.74, 6) is 0.586. The van der Waals surface area contributed by atoms with Crippen LogP contribution >= 0.6 is 11.3 Å². The van der Waals surface area contributed by atoms with Gasteiger partial charge in [0.25, 0.3) is 0 Å². The van der Waals surface area contributed by atoms with Gasteiger partial charge in [-0.25, -0.2) is 0 Å². The molecule has 0 aliphatic carbocycles. The van der Waals surface area contributed by atoms with Crippen LogP contribution in [-0.2, 0) is 6.61 Å². The Kier molecular flexibility index (Phi) is 2.09. The molecule has 3 nitrogen and oxygen atoms in total. The van der Waals surface area contributed by atoms with E-state index in [2.05, 4.69) is 16.3 Å². The zero-order chi connectivity index (χ0) is 8.23. The van der Waals surface area contributed by atoms with Gasteiger partial charge in [0.2, 0.25) is 5.88 Å². The van der Waals surface area contributed by atoms with E-state index in [4.69, 9.17) is 4.74 Å². The lowest BCUT2D eigenvalue weighted by Gasteiger charge is -1.97. The Hall–Kier alpha value is -1.29. The summed E-state index contributed by atoms with van der Waals surface area (Å²) in [6.45, 7) is 0.580. The molecule has 2 aromatic heterocycles. The number of nitrogens with zero attached hydrogens (tertiary/aromatic N) is 1. The van der Waals surface area contributed by atoms with Crippen LogP contribution in [0.4, 0.5) is 0 Å². The van der Waals surface area contributed by atoms with Crippen molar-refractivity contribution in [1.82, 2.24) is 9.97 Å². The van der Waals surface area contributed by atoms with Crippen LogP contribution in [0.25, 0.3) is 0 Å². The lowest BCUT2D eigenvalue weighted by Crippen LogP contribution is -1.91. The van der Waals surface area contributed by atoms with Crippen molar-refractivity contribution in [3.05, 3.63) is 34.9 Å². The van der Waals surface area contributed by atoms with E-state index < -0.39 is 0 Å². The number of rotatable bonds is 3. The van der Waals surface area contributed by atoms with E-state index in [0.29, 0.717) is 12.5 Å². The minimum absolute atomic E-state index is 0.580. The number of hydrogen-bond acceptors (Lipinski definition) is 3. The highest BCUT2D eigenvalue weighted by atomic mass is 32.1. The first kappa shape index (κ1) is 7.36. The van der Waals surface area contributed by atoms with Crippen LogP contribution in [0.1, 0.15) is 4.88 Å². The number of aromatic nitrogens is 2. The minimum Gasteiger partial charge on any atom is -0.471 e. The predicted molar refractivity (Wildman–Crippen MR) is 46.1 cm³/mol. The largest absolute Gasteiger partial charge is 0.471 e. The molecule has 0 saturated carbocycles. The van der Waals surface area contributed by atoms with Crippen LogP contribution < -0.4 is 4.74 Å². The smallest absolute Gasteiger partial charge is 0.232 e. The average molecular weight is 179 g/mol. The summed E-state index contributed by atoms with van der Waals surface area (Å²) in [5, 5.41) is 2.02. The van der Waals surface area contributed by atoms with E-state index in [1.54, 1.807) is 17.5 Å². The molecule has 61 valence electrons. The molecule has 0 aromatic carbocycles. The van der Waals surface area contributed by atoms with Gasteiger partial charge in [0.15, 0.2) is 6.33 Å². The second-order valence-electron chi connectivity index (χ2n) is 2.22. The highest BCUT2D eigenvalue weighted by Gasteiger charge is 1.96. The Labute approximate surface area is 74.0 Å². The van der Waals surface area contributed by atoms with Crippen LogP contribution in [0, 0.1) is 6.33 Å². The fraction of sp³-hybridized carbons (Fsp3) is 0.125. The first-order valence-corrected chi connectivity index (χ1v) is 4.40. The zero-order valence-electron chi connectivity index (χ0n) is 6.28. The Balaban J connectivity index is 1.91. The van der Waals surface area contributed by atoms with E-state index in [0.717, 1.165) is 0 Å². The summed E-state index contributed by atoms with van der Waals surface area (Å²) in [6, 6.07) is 4.03. The van der Waals surface area contributed by atoms with Crippen molar-refractivity contribution in [3.8, 4) is 5.88 Å². The van der Waals surface area contributed by atoms with E-state index in [1.807, 2.05) is 17.5 Å². The molecule has 0 bridgehead atoms. The topological polar surface area (TPSA) is 37.9 Å². The minimum atomic E-state index is 0.580. The number of hydrogen-bond donors (Lipinski definition) is 1. The maximum atomic E-state index is 5.33. The van der Waals surface area contributed by atoms with Crippen molar-refractivity contribution in [2.24, 2.45) is 0 Å². The zero-order valence-corrected chi connectivity index (χ0v) is 7.10. The first-order valence-electron chi connectivity index (χ1n) is 3.52. The average Bonchev–Trinajstić information content (AvgIpc) is 2.74. The highest BCUT2D eigenvalue weighted by Crippen LogP contribution is 2.11. The summed E-state index contributed by atoms with van der Waals surface area (Å²) in [7, 11) is 0. The molecule has 2 rings (SSSR count). The van der Waals surface area contributed by atoms with E-state index in [9.17, 15) is 0 Å². The molecule has 0 unspecified atom stereocenters. The van der Waals surface area contributed by atoms with Crippen molar-refractivity contribution in [3.63, 3.8) is 0 Å². The predicted octanol–water partition coefficient (Wildman–Crippen LogP) is 1.85. The van der Waals surface area contributed by atoms with Crippen LogP contribution in [0.15, 0.2) is 23.7 Å². The number of imidazole rings is 1. The van der Waals surface area contributed by atoms with E-state index in [1.165, 1.54) is 4.88 Å². The Bertz CT molecular complexity index is 280. The quantitative estimate of drug-likeness (QED) is 0.780. The maximum absolute atomic E-state index is 5.33. The van der Waals surface area contributed by atoms with Crippen molar-refractivity contribution >= 4 is 11.3 Å². The molecule has 0 fully saturated rings. The van der Waals surface area contributed by atoms with Crippen LogP contribution in [0.3, 0.4) is 0 Å². The van der Waals surface area contributed by atoms with Gasteiger partial charge in [0.1, 0.15) is 6.61 Å². The fourth-order valence-electron chi connectivity index (χ4n) is 0.827. The highest BCUT2D eigenvalue weighted by molar-refractivity contribution is 7.09. The van der Waals surface area contributed by atoms with Gasteiger partial charge in [-0.1, -0.05) is 6.07 Å². The molecule has 0 spiro atoms. The van der Waals surface area contributed by atoms with Crippen molar-refractivity contribution in [2.75, 3.05) is 0 Å². The molecule has 0 aliphatic heterocycles. The standard InChI is InChI=1S/C8H7N2OS/c1-2-7(12-3-1)5-11-8-4-9-6-10-8/h1-4H,5H2,(H,9,10). The Morgan fingerprint density at radius 1 is 1.67 bits per heavy atom. The summed E-state index contributed by atoms with van der Waals surface area (Å²) in [4.78, 5) is 7.71. The molecule has 2 aromatic rings. The molecule has 1 radical (unpaired) electrons. The fourth-order valence-corrected chi connectivity index (χ4v) is 1.44. The summed E-state index contributed by atoms with van der Waals surface area (Å²) in [6.07, 6.45) is 4.24. The third-order valence-electron chi connectivity index (χ3n) is 1.37. The molecule has 12 heavy (non-hydrogen) atoms. The van der Waals surface area contributed by atoms with Crippen LogP contribution in [0.2, 0.25) is 0 Å². The molecule has 1 N–H and O–H groups in total. The van der Waals surface area contributed by atoms with E-state index in [-0.39, 0.29) is 0 Å². The van der Waals surface area contributed by atoms with Gasteiger partial charge < -0.3 is 9.72 Å². The van der Waals surface area contributed by atoms with Gasteiger partial charge >= 0.3 is 0 Å². The molecule has 2 heterocycles. The molecular weight excluding hydrogens is 172 g/mol. The van der Waals surface area contributed by atoms with Gasteiger partial charge in [-0.3, -0.25) is 0 Å². The van der Waals surface area contributed by atoms with Gasteiger partial charge in [-0.05, 0) is 11.4 Å². The second kappa shape index (κ2) is 3.40. The van der Waals surface area contributed by atoms with Crippen molar-refractivity contribution in [2.45, 2.75) is 6.61 Å². The van der Waals surface area contributed by atoms with Gasteiger partial charge in [0, 0.05) is 4.88 Å². The second-order valence-corrected chi connectivity index (χ2v) is 3.25. The normalized spacial score (nSPS) is 10.0. The number of ether oxygens (including phenoxy) is 1. The number of thiophene rings is 1. The van der Waals surface area contributed by atoms with Gasteiger partial charge in [-0.2, -0.15) is 4.98 Å². The molecule has 0 amide bonds. The number of aromatic amines is 1. The maximum Gasteiger partial charge on any atom is 0.232 e. The Morgan fingerprint density at radius 3 is 3.33 bits per heavy atom. The lowest BCUT2D eigenvalue weighted by atomic mass is 10.5. The molecule has 0 aliphatic rings. The Morgan fingerprint density at radius 2 is 2.67 bits per heavy atom. The number of H-pyrrole nitrogens is 1. The summed E-state index contributed by atoms with van der Waals surface area (Å²) >= 11 is 1.67. The first-order chi connectivity index (χ1) is 5.95. The molecule has 4 heteroatoms. The van der Waals surface area contributed by atoms with Crippen molar-refractivity contribution < 1.29 is 4.74 Å². The molecule has 0 atom stereocenters. The van der Waals surface area contributed by atoms with Gasteiger partial charge in [0.05, 0.1) is 6.20 Å². The number of nitrogens with one attached hydrogen (secondary N) is 1. The third-order valence-corrected chi connectivity index (χ3v) is 2.22. The van der Waals surface area contributed by atoms with Crippen LogP contribution in [0.5, 0.6) is 5.88 Å². The van der Waals surface area contributed by atoms with Gasteiger partial charge in [-0.15, -0.1) is 11.3 Å². The third kappa shape index (κ3) is 1.65. The molecule has 0 saturated heterocycles. The van der Waals surface area contributed by atoms with E-state index >= 15 is 0 Å². The molecular formula is C8H7N2OS. The monoisotopic (exact) mass is 179 g/mol. The lowest BCUT2D eigenvalue weighted by molar-refractivity contribution is 0.298.